The molecule has 8 nitrogen and oxygen atoms in total. The molecule has 156 valence electrons. The Hall–Kier alpha value is -1.99. The van der Waals surface area contributed by atoms with Gasteiger partial charge >= 0.3 is 6.09 Å². The van der Waals surface area contributed by atoms with E-state index in [2.05, 4.69) is 15.6 Å². The van der Waals surface area contributed by atoms with Gasteiger partial charge in [0.15, 0.2) is 5.96 Å². The van der Waals surface area contributed by atoms with Gasteiger partial charge in [-0.1, -0.05) is 6.92 Å². The minimum atomic E-state index is -0.511. The van der Waals surface area contributed by atoms with Crippen LogP contribution in [0.25, 0.3) is 0 Å². The summed E-state index contributed by atoms with van der Waals surface area (Å²) in [6.07, 6.45) is 2.70. The quantitative estimate of drug-likeness (QED) is 0.493. The van der Waals surface area contributed by atoms with E-state index in [-0.39, 0.29) is 18.5 Å². The van der Waals surface area contributed by atoms with E-state index >= 15 is 0 Å². The standard InChI is InChI=1S/C19H37N5O3/c1-6-11-24(18(26)27-19(3,4)5)14-10-21-17(20-7-2)22-15-16(25)23-12-8-9-13-23/h6-15H2,1-5H3,(H2,20,21,22). The molecule has 0 aliphatic carbocycles. The molecular weight excluding hydrogens is 346 g/mol. The van der Waals surface area contributed by atoms with E-state index in [1.54, 1.807) is 4.90 Å². The van der Waals surface area contributed by atoms with Crippen LogP contribution in [-0.2, 0) is 9.53 Å². The second kappa shape index (κ2) is 11.7. The van der Waals surface area contributed by atoms with E-state index in [0.717, 1.165) is 32.4 Å². The Morgan fingerprint density at radius 1 is 1.11 bits per heavy atom. The third-order valence-corrected chi connectivity index (χ3v) is 3.99. The van der Waals surface area contributed by atoms with E-state index in [0.29, 0.717) is 32.1 Å². The summed E-state index contributed by atoms with van der Waals surface area (Å²) < 4.78 is 5.46. The van der Waals surface area contributed by atoms with Crippen molar-refractivity contribution in [3.63, 3.8) is 0 Å². The van der Waals surface area contributed by atoms with Crippen LogP contribution in [0.15, 0.2) is 4.99 Å². The highest BCUT2D eigenvalue weighted by Crippen LogP contribution is 2.10. The van der Waals surface area contributed by atoms with Gasteiger partial charge in [0, 0.05) is 39.3 Å². The van der Waals surface area contributed by atoms with Crippen LogP contribution in [0.5, 0.6) is 0 Å². The predicted molar refractivity (Wildman–Crippen MR) is 108 cm³/mol. The van der Waals surface area contributed by atoms with Crippen LogP contribution in [0.4, 0.5) is 4.79 Å². The number of amides is 2. The van der Waals surface area contributed by atoms with Gasteiger partial charge in [0.25, 0.3) is 0 Å². The van der Waals surface area contributed by atoms with Crippen molar-refractivity contribution in [3.05, 3.63) is 0 Å². The van der Waals surface area contributed by atoms with Gasteiger partial charge in [-0.3, -0.25) is 4.79 Å². The number of guanidine groups is 1. The third-order valence-electron chi connectivity index (χ3n) is 3.99. The van der Waals surface area contributed by atoms with Crippen LogP contribution in [0.3, 0.4) is 0 Å². The van der Waals surface area contributed by atoms with Gasteiger partial charge in [0.2, 0.25) is 5.91 Å². The predicted octanol–water partition coefficient (Wildman–Crippen LogP) is 1.81. The molecule has 1 heterocycles. The van der Waals surface area contributed by atoms with Gasteiger partial charge in [-0.2, -0.15) is 0 Å². The number of rotatable bonds is 8. The highest BCUT2D eigenvalue weighted by atomic mass is 16.6. The lowest BCUT2D eigenvalue weighted by molar-refractivity contribution is -0.128. The second-order valence-electron chi connectivity index (χ2n) is 7.68. The molecule has 0 aromatic carbocycles. The summed E-state index contributed by atoms with van der Waals surface area (Å²) in [6, 6.07) is 0. The molecule has 1 saturated heterocycles. The largest absolute Gasteiger partial charge is 0.444 e. The number of hydrogen-bond donors (Lipinski definition) is 2. The zero-order valence-electron chi connectivity index (χ0n) is 17.6. The number of nitrogens with zero attached hydrogens (tertiary/aromatic N) is 3. The maximum Gasteiger partial charge on any atom is 0.410 e. The first-order valence-electron chi connectivity index (χ1n) is 10.0. The van der Waals surface area contributed by atoms with Crippen molar-refractivity contribution >= 4 is 18.0 Å². The molecule has 0 atom stereocenters. The molecule has 0 spiro atoms. The maximum absolute atomic E-state index is 12.3. The van der Waals surface area contributed by atoms with Crippen LogP contribution in [0, 0.1) is 0 Å². The molecular formula is C19H37N5O3. The van der Waals surface area contributed by atoms with Gasteiger partial charge in [-0.05, 0) is 47.0 Å². The van der Waals surface area contributed by atoms with Gasteiger partial charge in [-0.15, -0.1) is 0 Å². The summed E-state index contributed by atoms with van der Waals surface area (Å²) >= 11 is 0. The lowest BCUT2D eigenvalue weighted by Crippen LogP contribution is -2.45. The number of aliphatic imine (C=N–C) groups is 1. The molecule has 1 rings (SSSR count). The third kappa shape index (κ3) is 9.49. The Bertz CT molecular complexity index is 496. The topological polar surface area (TPSA) is 86.3 Å². The minimum Gasteiger partial charge on any atom is -0.444 e. The van der Waals surface area contributed by atoms with E-state index in [9.17, 15) is 9.59 Å². The number of carbonyl (C=O) groups is 2. The van der Waals surface area contributed by atoms with E-state index < -0.39 is 5.60 Å². The van der Waals surface area contributed by atoms with Gasteiger partial charge in [0.1, 0.15) is 12.1 Å². The van der Waals surface area contributed by atoms with Crippen molar-refractivity contribution in [2.75, 3.05) is 45.8 Å². The minimum absolute atomic E-state index is 0.0612. The molecule has 1 fully saturated rings. The van der Waals surface area contributed by atoms with Crippen molar-refractivity contribution in [2.45, 2.75) is 59.5 Å². The molecule has 0 aromatic rings. The maximum atomic E-state index is 12.3. The first kappa shape index (κ1) is 23.0. The van der Waals surface area contributed by atoms with Gasteiger partial charge < -0.3 is 25.2 Å². The molecule has 0 unspecified atom stereocenters. The smallest absolute Gasteiger partial charge is 0.410 e. The normalized spacial score (nSPS) is 14.9. The van der Waals surface area contributed by atoms with Crippen LogP contribution < -0.4 is 10.6 Å². The molecule has 2 N–H and O–H groups in total. The van der Waals surface area contributed by atoms with Crippen molar-refractivity contribution in [2.24, 2.45) is 4.99 Å². The first-order valence-corrected chi connectivity index (χ1v) is 10.0. The van der Waals surface area contributed by atoms with Crippen molar-refractivity contribution < 1.29 is 14.3 Å². The fourth-order valence-electron chi connectivity index (χ4n) is 2.76. The Labute approximate surface area is 163 Å². The number of ether oxygens (including phenoxy) is 1. The van der Waals surface area contributed by atoms with E-state index in [4.69, 9.17) is 4.74 Å². The van der Waals surface area contributed by atoms with Crippen molar-refractivity contribution in [1.82, 2.24) is 20.4 Å². The molecule has 0 saturated carbocycles. The molecule has 1 aliphatic rings. The zero-order chi connectivity index (χ0) is 20.3. The average Bonchev–Trinajstić information content (AvgIpc) is 3.11. The number of carbonyl (C=O) groups excluding carboxylic acids is 2. The molecule has 0 bridgehead atoms. The Kier molecular flexibility index (Phi) is 9.96. The summed E-state index contributed by atoms with van der Waals surface area (Å²) in [5.74, 6) is 0.650. The number of likely N-dealkylation sites (tertiary alicyclic amines) is 1. The van der Waals surface area contributed by atoms with Crippen molar-refractivity contribution in [1.29, 1.82) is 0 Å². The molecule has 27 heavy (non-hydrogen) atoms. The molecule has 8 heteroatoms. The second-order valence-corrected chi connectivity index (χ2v) is 7.68. The molecule has 1 aliphatic heterocycles. The zero-order valence-corrected chi connectivity index (χ0v) is 17.6. The number of nitrogens with one attached hydrogen (secondary N) is 2. The van der Waals surface area contributed by atoms with Crippen LogP contribution in [0.1, 0.15) is 53.9 Å². The monoisotopic (exact) mass is 383 g/mol. The number of hydrogen-bond acceptors (Lipinski definition) is 4. The Morgan fingerprint density at radius 3 is 2.33 bits per heavy atom. The Morgan fingerprint density at radius 2 is 1.78 bits per heavy atom. The highest BCUT2D eigenvalue weighted by Gasteiger charge is 2.21. The fourth-order valence-corrected chi connectivity index (χ4v) is 2.76. The van der Waals surface area contributed by atoms with Crippen LogP contribution >= 0.6 is 0 Å². The lowest BCUT2D eigenvalue weighted by Gasteiger charge is -2.27. The molecule has 2 amide bonds. The van der Waals surface area contributed by atoms with Crippen LogP contribution in [-0.4, -0.2) is 79.2 Å². The summed E-state index contributed by atoms with van der Waals surface area (Å²) in [6.45, 7) is 13.8. The Balaban J connectivity index is 2.51. The lowest BCUT2D eigenvalue weighted by atomic mass is 10.2. The fraction of sp³-hybridized carbons (Fsp3) is 0.842. The average molecular weight is 384 g/mol. The SMILES string of the molecule is CCCN(CCNC(=NCC(=O)N1CCCC1)NCC)C(=O)OC(C)(C)C. The van der Waals surface area contributed by atoms with Gasteiger partial charge in [0.05, 0.1) is 0 Å². The van der Waals surface area contributed by atoms with E-state index in [1.165, 1.54) is 0 Å². The van der Waals surface area contributed by atoms with Crippen LogP contribution in [0.2, 0.25) is 0 Å². The van der Waals surface area contributed by atoms with E-state index in [1.807, 2.05) is 39.5 Å². The summed E-state index contributed by atoms with van der Waals surface area (Å²) in [5, 5.41) is 6.33. The summed E-state index contributed by atoms with van der Waals surface area (Å²) in [4.78, 5) is 32.4. The summed E-state index contributed by atoms with van der Waals surface area (Å²) in [7, 11) is 0. The molecule has 0 radical (unpaired) electrons. The summed E-state index contributed by atoms with van der Waals surface area (Å²) in [5.41, 5.74) is -0.511. The first-order chi connectivity index (χ1) is 12.8. The van der Waals surface area contributed by atoms with Gasteiger partial charge in [-0.25, -0.2) is 9.79 Å². The highest BCUT2D eigenvalue weighted by molar-refractivity contribution is 5.85. The molecule has 0 aromatic heterocycles. The van der Waals surface area contributed by atoms with Crippen molar-refractivity contribution in [3.8, 4) is 0 Å².